The standard InChI is InChI=1S/C16H26N2O3S/c1-12-14(13(2)21-18-12)9-22-10-15(19)17-11-16(20)7-5-3-4-6-8-16/h20H,3-11H2,1-2H3,(H,17,19). The van der Waals surface area contributed by atoms with Gasteiger partial charge in [0.05, 0.1) is 17.0 Å². The van der Waals surface area contributed by atoms with E-state index in [1.807, 2.05) is 13.8 Å². The Balaban J connectivity index is 1.69. The first-order chi connectivity index (χ1) is 10.5. The Morgan fingerprint density at radius 2 is 2.00 bits per heavy atom. The van der Waals surface area contributed by atoms with Gasteiger partial charge in [-0.15, -0.1) is 11.8 Å². The van der Waals surface area contributed by atoms with Gasteiger partial charge >= 0.3 is 0 Å². The van der Waals surface area contributed by atoms with Crippen LogP contribution in [-0.2, 0) is 10.5 Å². The maximum Gasteiger partial charge on any atom is 0.230 e. The maximum absolute atomic E-state index is 11.9. The number of nitrogens with zero attached hydrogens (tertiary/aromatic N) is 1. The molecule has 0 saturated heterocycles. The van der Waals surface area contributed by atoms with Crippen LogP contribution < -0.4 is 5.32 Å². The molecule has 2 rings (SSSR count). The van der Waals surface area contributed by atoms with Crippen molar-refractivity contribution in [2.75, 3.05) is 12.3 Å². The van der Waals surface area contributed by atoms with Crippen molar-refractivity contribution < 1.29 is 14.4 Å². The van der Waals surface area contributed by atoms with Crippen molar-refractivity contribution in [3.8, 4) is 0 Å². The molecule has 2 N–H and O–H groups in total. The number of aliphatic hydroxyl groups is 1. The van der Waals surface area contributed by atoms with Crippen LogP contribution in [0, 0.1) is 13.8 Å². The van der Waals surface area contributed by atoms with E-state index in [4.69, 9.17) is 4.52 Å². The lowest BCUT2D eigenvalue weighted by atomic mass is 9.94. The fourth-order valence-corrected chi connectivity index (χ4v) is 3.84. The van der Waals surface area contributed by atoms with Gasteiger partial charge in [0.25, 0.3) is 0 Å². The molecule has 0 aromatic carbocycles. The Labute approximate surface area is 136 Å². The van der Waals surface area contributed by atoms with E-state index in [0.717, 1.165) is 48.5 Å². The van der Waals surface area contributed by atoms with Crippen LogP contribution in [0.1, 0.15) is 55.5 Å². The second-order valence-electron chi connectivity index (χ2n) is 6.21. The van der Waals surface area contributed by atoms with Gasteiger partial charge in [-0.2, -0.15) is 0 Å². The maximum atomic E-state index is 11.9. The van der Waals surface area contributed by atoms with Gasteiger partial charge in [-0.25, -0.2) is 0 Å². The van der Waals surface area contributed by atoms with Gasteiger partial charge in [0.2, 0.25) is 5.91 Å². The third-order valence-electron chi connectivity index (χ3n) is 4.31. The van der Waals surface area contributed by atoms with Gasteiger partial charge in [0, 0.05) is 17.9 Å². The number of hydrogen-bond donors (Lipinski definition) is 2. The first kappa shape index (κ1) is 17.3. The number of amides is 1. The second-order valence-corrected chi connectivity index (χ2v) is 7.20. The van der Waals surface area contributed by atoms with Crippen LogP contribution in [0.15, 0.2) is 4.52 Å². The minimum absolute atomic E-state index is 0.0190. The van der Waals surface area contributed by atoms with Crippen LogP contribution in [0.4, 0.5) is 0 Å². The lowest BCUT2D eigenvalue weighted by Gasteiger charge is -2.26. The van der Waals surface area contributed by atoms with E-state index in [0.29, 0.717) is 12.3 Å². The highest BCUT2D eigenvalue weighted by molar-refractivity contribution is 7.99. The molecule has 0 bridgehead atoms. The predicted molar refractivity (Wildman–Crippen MR) is 87.8 cm³/mol. The van der Waals surface area contributed by atoms with Crippen molar-refractivity contribution in [3.63, 3.8) is 0 Å². The van der Waals surface area contributed by atoms with E-state index in [2.05, 4.69) is 10.5 Å². The number of rotatable bonds is 6. The summed E-state index contributed by atoms with van der Waals surface area (Å²) in [5, 5.41) is 17.3. The lowest BCUT2D eigenvalue weighted by Crippen LogP contribution is -2.43. The van der Waals surface area contributed by atoms with E-state index in [9.17, 15) is 9.90 Å². The normalized spacial score (nSPS) is 18.0. The molecule has 22 heavy (non-hydrogen) atoms. The molecule has 0 radical (unpaired) electrons. The molecule has 0 atom stereocenters. The molecule has 1 aromatic heterocycles. The first-order valence-corrected chi connectivity index (χ1v) is 9.14. The highest BCUT2D eigenvalue weighted by atomic mass is 32.2. The van der Waals surface area contributed by atoms with Crippen molar-refractivity contribution in [1.29, 1.82) is 0 Å². The van der Waals surface area contributed by atoms with Crippen molar-refractivity contribution >= 4 is 17.7 Å². The highest BCUT2D eigenvalue weighted by Gasteiger charge is 2.28. The second kappa shape index (κ2) is 8.02. The predicted octanol–water partition coefficient (Wildman–Crippen LogP) is 2.73. The summed E-state index contributed by atoms with van der Waals surface area (Å²) in [5.74, 6) is 1.91. The average Bonchev–Trinajstić information content (AvgIpc) is 2.69. The van der Waals surface area contributed by atoms with E-state index in [1.165, 1.54) is 12.8 Å². The van der Waals surface area contributed by atoms with Crippen LogP contribution in [0.5, 0.6) is 0 Å². The smallest absolute Gasteiger partial charge is 0.230 e. The molecule has 1 amide bonds. The van der Waals surface area contributed by atoms with Crippen LogP contribution in [0.3, 0.4) is 0 Å². The molecule has 1 heterocycles. The summed E-state index contributed by atoms with van der Waals surface area (Å²) in [5.41, 5.74) is 1.25. The topological polar surface area (TPSA) is 75.4 Å². The molecular weight excluding hydrogens is 300 g/mol. The summed E-state index contributed by atoms with van der Waals surface area (Å²) >= 11 is 1.54. The zero-order chi connectivity index (χ0) is 16.0. The zero-order valence-electron chi connectivity index (χ0n) is 13.5. The zero-order valence-corrected chi connectivity index (χ0v) is 14.3. The molecule has 0 aliphatic heterocycles. The summed E-state index contributed by atoms with van der Waals surface area (Å²) in [6.07, 6.45) is 6.05. The monoisotopic (exact) mass is 326 g/mol. The van der Waals surface area contributed by atoms with Gasteiger partial charge in [0.15, 0.2) is 0 Å². The van der Waals surface area contributed by atoms with Crippen LogP contribution in [0.25, 0.3) is 0 Å². The lowest BCUT2D eigenvalue weighted by molar-refractivity contribution is -0.120. The third-order valence-corrected chi connectivity index (χ3v) is 5.27. The molecule has 1 saturated carbocycles. The Bertz CT molecular complexity index is 474. The number of aryl methyl sites for hydroxylation is 2. The number of nitrogens with one attached hydrogen (secondary N) is 1. The Morgan fingerprint density at radius 3 is 2.59 bits per heavy atom. The average molecular weight is 326 g/mol. The fraction of sp³-hybridized carbons (Fsp3) is 0.750. The van der Waals surface area contributed by atoms with E-state index in [-0.39, 0.29) is 5.91 Å². The number of hydrogen-bond acceptors (Lipinski definition) is 5. The molecule has 0 unspecified atom stereocenters. The van der Waals surface area contributed by atoms with Gasteiger partial charge in [-0.1, -0.05) is 30.8 Å². The molecule has 1 aromatic rings. The molecule has 1 fully saturated rings. The third kappa shape index (κ3) is 5.02. The summed E-state index contributed by atoms with van der Waals surface area (Å²) in [6.45, 7) is 4.17. The molecule has 1 aliphatic rings. The number of carbonyl (C=O) groups is 1. The highest BCUT2D eigenvalue weighted by Crippen LogP contribution is 2.26. The quantitative estimate of drug-likeness (QED) is 0.786. The van der Waals surface area contributed by atoms with Gasteiger partial charge in [-0.3, -0.25) is 4.79 Å². The fourth-order valence-electron chi connectivity index (χ4n) is 2.83. The molecular formula is C16H26N2O3S. The van der Waals surface area contributed by atoms with Crippen molar-refractivity contribution in [2.45, 2.75) is 63.7 Å². The molecule has 0 spiro atoms. The van der Waals surface area contributed by atoms with Gasteiger partial charge < -0.3 is 14.9 Å². The molecule has 124 valence electrons. The van der Waals surface area contributed by atoms with Crippen molar-refractivity contribution in [1.82, 2.24) is 10.5 Å². The number of thioether (sulfide) groups is 1. The summed E-state index contributed by atoms with van der Waals surface area (Å²) in [6, 6.07) is 0. The number of aromatic nitrogens is 1. The van der Waals surface area contributed by atoms with Crippen molar-refractivity contribution in [3.05, 3.63) is 17.0 Å². The van der Waals surface area contributed by atoms with Gasteiger partial charge in [-0.05, 0) is 26.7 Å². The van der Waals surface area contributed by atoms with Crippen LogP contribution in [-0.4, -0.2) is 34.1 Å². The van der Waals surface area contributed by atoms with Crippen LogP contribution >= 0.6 is 11.8 Å². The van der Waals surface area contributed by atoms with Crippen molar-refractivity contribution in [2.24, 2.45) is 0 Å². The molecule has 5 nitrogen and oxygen atoms in total. The molecule has 1 aliphatic carbocycles. The van der Waals surface area contributed by atoms with E-state index in [1.54, 1.807) is 11.8 Å². The van der Waals surface area contributed by atoms with E-state index < -0.39 is 5.60 Å². The Hall–Kier alpha value is -1.01. The summed E-state index contributed by atoms with van der Waals surface area (Å²) in [7, 11) is 0. The Kier molecular flexibility index (Phi) is 6.32. The Morgan fingerprint density at radius 1 is 1.32 bits per heavy atom. The summed E-state index contributed by atoms with van der Waals surface area (Å²) < 4.78 is 5.11. The molecule has 6 heteroatoms. The minimum Gasteiger partial charge on any atom is -0.388 e. The SMILES string of the molecule is Cc1noc(C)c1CSCC(=O)NCC1(O)CCCCCC1. The summed E-state index contributed by atoms with van der Waals surface area (Å²) in [4.78, 5) is 11.9. The minimum atomic E-state index is -0.710. The van der Waals surface area contributed by atoms with Crippen LogP contribution in [0.2, 0.25) is 0 Å². The number of carbonyl (C=O) groups excluding carboxylic acids is 1. The first-order valence-electron chi connectivity index (χ1n) is 7.99. The van der Waals surface area contributed by atoms with E-state index >= 15 is 0 Å². The largest absolute Gasteiger partial charge is 0.388 e. The van der Waals surface area contributed by atoms with Gasteiger partial charge in [0.1, 0.15) is 5.76 Å².